The number of carbonyl (C=O) groups is 1. The fourth-order valence-corrected chi connectivity index (χ4v) is 1.69. The quantitative estimate of drug-likeness (QED) is 0.604. The summed E-state index contributed by atoms with van der Waals surface area (Å²) in [4.78, 5) is 7.75. The molecule has 5 heteroatoms. The van der Waals surface area contributed by atoms with Crippen molar-refractivity contribution in [2.24, 2.45) is 0 Å². The zero-order valence-corrected chi connectivity index (χ0v) is 11.2. The van der Waals surface area contributed by atoms with Crippen molar-refractivity contribution >= 4 is 21.7 Å². The fraction of sp³-hybridized carbons (Fsp3) is 0.0714. The third kappa shape index (κ3) is 3.61. The standard InChI is InChI=1S/C14H9BrF2O2/c15-14(16,17)13(18)10-6-8-12(9-7-10)19-11-4-2-1-3-5-11/h1-9H. The van der Waals surface area contributed by atoms with Crippen LogP contribution in [0.25, 0.3) is 0 Å². The van der Waals surface area contributed by atoms with Gasteiger partial charge in [0.15, 0.2) is 0 Å². The summed E-state index contributed by atoms with van der Waals surface area (Å²) in [5.41, 5.74) is -0.0812. The number of halogens is 3. The van der Waals surface area contributed by atoms with Crippen LogP contribution in [0.4, 0.5) is 8.78 Å². The molecule has 0 aliphatic rings. The molecule has 0 bridgehead atoms. The van der Waals surface area contributed by atoms with Crippen molar-refractivity contribution in [2.45, 2.75) is 4.83 Å². The van der Waals surface area contributed by atoms with Crippen LogP contribution in [-0.2, 0) is 0 Å². The Balaban J connectivity index is 2.13. The lowest BCUT2D eigenvalue weighted by atomic mass is 10.1. The van der Waals surface area contributed by atoms with Crippen LogP contribution in [0.3, 0.4) is 0 Å². The summed E-state index contributed by atoms with van der Waals surface area (Å²) in [6, 6.07) is 14.6. The Morgan fingerprint density at radius 1 is 0.947 bits per heavy atom. The minimum absolute atomic E-state index is 0.0812. The summed E-state index contributed by atoms with van der Waals surface area (Å²) < 4.78 is 31.1. The van der Waals surface area contributed by atoms with Crippen molar-refractivity contribution < 1.29 is 18.3 Å². The molecule has 0 amide bonds. The van der Waals surface area contributed by atoms with Crippen molar-refractivity contribution in [2.75, 3.05) is 0 Å². The van der Waals surface area contributed by atoms with Crippen LogP contribution in [0.15, 0.2) is 54.6 Å². The highest BCUT2D eigenvalue weighted by Gasteiger charge is 2.35. The molecule has 0 saturated heterocycles. The van der Waals surface area contributed by atoms with E-state index in [2.05, 4.69) is 0 Å². The number of Topliss-reactive ketones (excluding diaryl/α,β-unsaturated/α-hetero) is 1. The fourth-order valence-electron chi connectivity index (χ4n) is 1.46. The van der Waals surface area contributed by atoms with Crippen LogP contribution in [0.2, 0.25) is 0 Å². The number of para-hydroxylation sites is 1. The highest BCUT2D eigenvalue weighted by Crippen LogP contribution is 2.28. The van der Waals surface area contributed by atoms with Crippen LogP contribution in [0.5, 0.6) is 11.5 Å². The van der Waals surface area contributed by atoms with Crippen LogP contribution in [-0.4, -0.2) is 10.6 Å². The first-order valence-corrected chi connectivity index (χ1v) is 6.20. The average Bonchev–Trinajstić information content (AvgIpc) is 2.39. The number of ketones is 1. The molecule has 2 nitrogen and oxygen atoms in total. The summed E-state index contributed by atoms with van der Waals surface area (Å²) >= 11 is 2.04. The molecule has 2 aromatic rings. The molecule has 0 aromatic heterocycles. The molecule has 0 atom stereocenters. The van der Waals surface area contributed by atoms with Gasteiger partial charge < -0.3 is 4.74 Å². The summed E-state index contributed by atoms with van der Waals surface area (Å²) in [6.45, 7) is 0. The number of alkyl halides is 3. The minimum Gasteiger partial charge on any atom is -0.457 e. The number of carbonyl (C=O) groups excluding carboxylic acids is 1. The minimum atomic E-state index is -3.55. The SMILES string of the molecule is O=C(c1ccc(Oc2ccccc2)cc1)C(F)(F)Br. The van der Waals surface area contributed by atoms with E-state index < -0.39 is 10.6 Å². The van der Waals surface area contributed by atoms with E-state index in [4.69, 9.17) is 4.74 Å². The van der Waals surface area contributed by atoms with E-state index >= 15 is 0 Å². The van der Waals surface area contributed by atoms with Crippen molar-refractivity contribution in [3.05, 3.63) is 60.2 Å². The van der Waals surface area contributed by atoms with Gasteiger partial charge in [-0.2, -0.15) is 8.78 Å². The van der Waals surface area contributed by atoms with Crippen molar-refractivity contribution in [1.82, 2.24) is 0 Å². The van der Waals surface area contributed by atoms with Gasteiger partial charge in [0, 0.05) is 5.56 Å². The summed E-state index contributed by atoms with van der Waals surface area (Å²) in [7, 11) is 0. The third-order valence-electron chi connectivity index (χ3n) is 2.35. The number of benzene rings is 2. The molecule has 2 aromatic carbocycles. The molecule has 0 aliphatic carbocycles. The molecule has 0 radical (unpaired) electrons. The predicted molar refractivity (Wildman–Crippen MR) is 71.2 cm³/mol. The van der Waals surface area contributed by atoms with Gasteiger partial charge in [-0.15, -0.1) is 0 Å². The largest absolute Gasteiger partial charge is 0.457 e. The maximum Gasteiger partial charge on any atom is 0.363 e. The van der Waals surface area contributed by atoms with Gasteiger partial charge in [-0.3, -0.25) is 4.79 Å². The maximum absolute atomic E-state index is 12.8. The van der Waals surface area contributed by atoms with Crippen LogP contribution >= 0.6 is 15.9 Å². The van der Waals surface area contributed by atoms with Crippen LogP contribution in [0.1, 0.15) is 10.4 Å². The Bertz CT molecular complexity index is 562. The van der Waals surface area contributed by atoms with Gasteiger partial charge in [-0.05, 0) is 52.3 Å². The number of hydrogen-bond donors (Lipinski definition) is 0. The zero-order chi connectivity index (χ0) is 13.9. The molecule has 0 fully saturated rings. The third-order valence-corrected chi connectivity index (χ3v) is 2.71. The van der Waals surface area contributed by atoms with E-state index in [1.165, 1.54) is 24.3 Å². The smallest absolute Gasteiger partial charge is 0.363 e. The molecule has 0 saturated carbocycles. The molecule has 0 N–H and O–H groups in total. The van der Waals surface area contributed by atoms with E-state index in [-0.39, 0.29) is 5.56 Å². The van der Waals surface area contributed by atoms with Gasteiger partial charge in [0.05, 0.1) is 0 Å². The van der Waals surface area contributed by atoms with Gasteiger partial charge >= 0.3 is 4.83 Å². The van der Waals surface area contributed by atoms with Crippen molar-refractivity contribution in [1.29, 1.82) is 0 Å². The van der Waals surface area contributed by atoms with Crippen LogP contribution in [0, 0.1) is 0 Å². The molecule has 0 aliphatic heterocycles. The van der Waals surface area contributed by atoms with Crippen molar-refractivity contribution in [3.63, 3.8) is 0 Å². The molecular formula is C14H9BrF2O2. The van der Waals surface area contributed by atoms with E-state index in [0.717, 1.165) is 0 Å². The van der Waals surface area contributed by atoms with Crippen molar-refractivity contribution in [3.8, 4) is 11.5 Å². The summed E-state index contributed by atoms with van der Waals surface area (Å²) in [6.07, 6.45) is 0. The van der Waals surface area contributed by atoms with E-state index in [1.807, 2.05) is 34.1 Å². The Morgan fingerprint density at radius 3 is 2.00 bits per heavy atom. The van der Waals surface area contributed by atoms with Gasteiger partial charge in [-0.25, -0.2) is 0 Å². The Labute approximate surface area is 117 Å². The zero-order valence-electron chi connectivity index (χ0n) is 9.65. The van der Waals surface area contributed by atoms with Gasteiger partial charge in [-0.1, -0.05) is 18.2 Å². The highest BCUT2D eigenvalue weighted by molar-refractivity contribution is 9.10. The first-order chi connectivity index (χ1) is 8.97. The topological polar surface area (TPSA) is 26.3 Å². The van der Waals surface area contributed by atoms with Gasteiger partial charge in [0.2, 0.25) is 5.78 Å². The van der Waals surface area contributed by atoms with E-state index in [0.29, 0.717) is 11.5 Å². The molecule has 0 unspecified atom stereocenters. The first-order valence-electron chi connectivity index (χ1n) is 5.41. The Hall–Kier alpha value is -1.75. The average molecular weight is 327 g/mol. The second-order valence-electron chi connectivity index (χ2n) is 3.77. The second-order valence-corrected chi connectivity index (χ2v) is 4.76. The Morgan fingerprint density at radius 2 is 1.47 bits per heavy atom. The molecule has 0 spiro atoms. The molecule has 19 heavy (non-hydrogen) atoms. The Kier molecular flexibility index (Phi) is 3.95. The first kappa shape index (κ1) is 13.7. The lowest BCUT2D eigenvalue weighted by molar-refractivity contribution is 0.0592. The monoisotopic (exact) mass is 326 g/mol. The maximum atomic E-state index is 12.8. The van der Waals surface area contributed by atoms with Crippen LogP contribution < -0.4 is 4.74 Å². The predicted octanol–water partition coefficient (Wildman–Crippen LogP) is 4.65. The summed E-state index contributed by atoms with van der Waals surface area (Å²) in [5, 5.41) is 0. The molecule has 98 valence electrons. The van der Waals surface area contributed by atoms with Gasteiger partial charge in [0.25, 0.3) is 0 Å². The second kappa shape index (κ2) is 5.48. The van der Waals surface area contributed by atoms with E-state index in [9.17, 15) is 13.6 Å². The normalized spacial score (nSPS) is 11.1. The summed E-state index contributed by atoms with van der Waals surface area (Å²) in [5.74, 6) is -0.174. The number of ether oxygens (including phenoxy) is 1. The lowest BCUT2D eigenvalue weighted by Gasteiger charge is -2.08. The number of rotatable bonds is 4. The molecule has 0 heterocycles. The molecular weight excluding hydrogens is 318 g/mol. The lowest BCUT2D eigenvalue weighted by Crippen LogP contribution is -2.20. The number of hydrogen-bond acceptors (Lipinski definition) is 2. The molecule has 2 rings (SSSR count). The highest BCUT2D eigenvalue weighted by atomic mass is 79.9. The van der Waals surface area contributed by atoms with E-state index in [1.54, 1.807) is 12.1 Å². The van der Waals surface area contributed by atoms with Gasteiger partial charge in [0.1, 0.15) is 11.5 Å².